The van der Waals surface area contributed by atoms with Crippen LogP contribution in [0.4, 0.5) is 0 Å². The topological polar surface area (TPSA) is 64.4 Å². The number of carbonyl (C=O) groups excluding carboxylic acids is 1. The van der Waals surface area contributed by atoms with E-state index in [9.17, 15) is 4.79 Å². The number of pyridine rings is 1. The fourth-order valence-corrected chi connectivity index (χ4v) is 2.38. The second-order valence-electron chi connectivity index (χ2n) is 5.93. The van der Waals surface area contributed by atoms with Gasteiger partial charge in [0, 0.05) is 17.3 Å². The van der Waals surface area contributed by atoms with E-state index < -0.39 is 0 Å². The Bertz CT molecular complexity index is 884. The van der Waals surface area contributed by atoms with Gasteiger partial charge in [-0.25, -0.2) is 0 Å². The molecule has 0 saturated heterocycles. The molecule has 0 bridgehead atoms. The van der Waals surface area contributed by atoms with E-state index >= 15 is 0 Å². The number of hydrogen-bond acceptors (Lipinski definition) is 4. The fraction of sp³-hybridized carbons (Fsp3) is 0.143. The summed E-state index contributed by atoms with van der Waals surface area (Å²) in [5, 5.41) is 2.93. The number of benzene rings is 1. The van der Waals surface area contributed by atoms with Crippen molar-refractivity contribution in [1.82, 2.24) is 10.3 Å². The van der Waals surface area contributed by atoms with Gasteiger partial charge in [0.05, 0.1) is 24.8 Å². The van der Waals surface area contributed by atoms with Gasteiger partial charge in [0.2, 0.25) is 5.91 Å². The van der Waals surface area contributed by atoms with Crippen molar-refractivity contribution in [3.8, 4) is 11.5 Å². The predicted octanol–water partition coefficient (Wildman–Crippen LogP) is 4.67. The van der Waals surface area contributed by atoms with Gasteiger partial charge in [-0.15, -0.1) is 0 Å². The van der Waals surface area contributed by atoms with Crippen LogP contribution in [0.15, 0.2) is 71.7 Å². The SMILES string of the molecule is Cc1ccc(Oc2cccc(C(C)NC(=O)/C=C/c3ccoc3)c2)cn1. The van der Waals surface area contributed by atoms with Gasteiger partial charge in [0.25, 0.3) is 0 Å². The van der Waals surface area contributed by atoms with Crippen molar-refractivity contribution in [3.05, 3.63) is 84.1 Å². The summed E-state index contributed by atoms with van der Waals surface area (Å²) in [4.78, 5) is 16.3. The van der Waals surface area contributed by atoms with Gasteiger partial charge in [0.15, 0.2) is 0 Å². The molecule has 2 aromatic heterocycles. The van der Waals surface area contributed by atoms with Crippen LogP contribution >= 0.6 is 0 Å². The maximum absolute atomic E-state index is 12.1. The minimum Gasteiger partial charge on any atom is -0.472 e. The summed E-state index contributed by atoms with van der Waals surface area (Å²) in [6.07, 6.45) is 8.02. The van der Waals surface area contributed by atoms with Crippen molar-refractivity contribution in [2.24, 2.45) is 0 Å². The minimum atomic E-state index is -0.173. The van der Waals surface area contributed by atoms with Gasteiger partial charge in [-0.2, -0.15) is 0 Å². The Labute approximate surface area is 152 Å². The third kappa shape index (κ3) is 4.83. The summed E-state index contributed by atoms with van der Waals surface area (Å²) in [6, 6.07) is 13.0. The van der Waals surface area contributed by atoms with Crippen molar-refractivity contribution in [2.75, 3.05) is 0 Å². The molecule has 3 rings (SSSR count). The number of ether oxygens (including phenoxy) is 1. The lowest BCUT2D eigenvalue weighted by atomic mass is 10.1. The lowest BCUT2D eigenvalue weighted by molar-refractivity contribution is -0.117. The Morgan fingerprint density at radius 1 is 1.23 bits per heavy atom. The quantitative estimate of drug-likeness (QED) is 0.658. The molecule has 1 unspecified atom stereocenters. The highest BCUT2D eigenvalue weighted by Gasteiger charge is 2.09. The van der Waals surface area contributed by atoms with Crippen molar-refractivity contribution >= 4 is 12.0 Å². The fourth-order valence-electron chi connectivity index (χ4n) is 2.38. The Hall–Kier alpha value is -3.34. The summed E-state index contributed by atoms with van der Waals surface area (Å²) in [6.45, 7) is 3.85. The first kappa shape index (κ1) is 17.5. The van der Waals surface area contributed by atoms with Crippen LogP contribution in [0.3, 0.4) is 0 Å². The predicted molar refractivity (Wildman–Crippen MR) is 99.8 cm³/mol. The molecule has 3 aromatic rings. The number of aromatic nitrogens is 1. The molecule has 0 aliphatic heterocycles. The van der Waals surface area contributed by atoms with E-state index in [2.05, 4.69) is 10.3 Å². The second kappa shape index (κ2) is 8.16. The molecule has 5 nitrogen and oxygen atoms in total. The first-order valence-corrected chi connectivity index (χ1v) is 8.31. The average molecular weight is 348 g/mol. The smallest absolute Gasteiger partial charge is 0.244 e. The largest absolute Gasteiger partial charge is 0.472 e. The summed E-state index contributed by atoms with van der Waals surface area (Å²) < 4.78 is 10.8. The van der Waals surface area contributed by atoms with Gasteiger partial charge in [-0.05, 0) is 55.8 Å². The van der Waals surface area contributed by atoms with Crippen LogP contribution in [-0.4, -0.2) is 10.9 Å². The zero-order valence-electron chi connectivity index (χ0n) is 14.7. The first-order chi connectivity index (χ1) is 12.6. The number of furan rings is 1. The highest BCUT2D eigenvalue weighted by molar-refractivity contribution is 5.91. The molecule has 0 aliphatic carbocycles. The molecule has 0 aliphatic rings. The molecule has 0 radical (unpaired) electrons. The summed E-state index contributed by atoms with van der Waals surface area (Å²) in [5.41, 5.74) is 2.73. The summed E-state index contributed by atoms with van der Waals surface area (Å²) >= 11 is 0. The van der Waals surface area contributed by atoms with Crippen LogP contribution in [-0.2, 0) is 4.79 Å². The van der Waals surface area contributed by atoms with E-state index in [1.54, 1.807) is 30.9 Å². The third-order valence-electron chi connectivity index (χ3n) is 3.81. The molecule has 5 heteroatoms. The van der Waals surface area contributed by atoms with E-state index in [1.165, 1.54) is 6.08 Å². The van der Waals surface area contributed by atoms with Crippen LogP contribution in [0.25, 0.3) is 6.08 Å². The summed E-state index contributed by atoms with van der Waals surface area (Å²) in [5.74, 6) is 1.20. The molecule has 1 N–H and O–H groups in total. The Kier molecular flexibility index (Phi) is 5.49. The zero-order valence-corrected chi connectivity index (χ0v) is 14.7. The van der Waals surface area contributed by atoms with Gasteiger partial charge >= 0.3 is 0 Å². The molecule has 0 spiro atoms. The maximum atomic E-state index is 12.1. The number of amides is 1. The van der Waals surface area contributed by atoms with Crippen molar-refractivity contribution in [1.29, 1.82) is 0 Å². The number of carbonyl (C=O) groups is 1. The molecule has 0 fully saturated rings. The van der Waals surface area contributed by atoms with Crippen LogP contribution in [0.5, 0.6) is 11.5 Å². The van der Waals surface area contributed by atoms with Gasteiger partial charge in [-0.3, -0.25) is 9.78 Å². The molecule has 26 heavy (non-hydrogen) atoms. The molecular formula is C21H20N2O3. The Morgan fingerprint density at radius 2 is 2.12 bits per heavy atom. The molecule has 1 amide bonds. The van der Waals surface area contributed by atoms with E-state index in [0.29, 0.717) is 11.5 Å². The molecule has 2 heterocycles. The molecule has 0 saturated carbocycles. The van der Waals surface area contributed by atoms with Crippen LogP contribution in [0.2, 0.25) is 0 Å². The standard InChI is InChI=1S/C21H20N2O3/c1-15-6-8-20(13-22-15)26-19-5-3-4-18(12-19)16(2)23-21(24)9-7-17-10-11-25-14-17/h3-14,16H,1-2H3,(H,23,24)/b9-7+. The number of hydrogen-bond donors (Lipinski definition) is 1. The third-order valence-corrected chi connectivity index (χ3v) is 3.81. The zero-order chi connectivity index (χ0) is 18.4. The number of aryl methyl sites for hydroxylation is 1. The lowest BCUT2D eigenvalue weighted by Gasteiger charge is -2.14. The van der Waals surface area contributed by atoms with E-state index in [-0.39, 0.29) is 11.9 Å². The number of rotatable bonds is 6. The minimum absolute atomic E-state index is 0.156. The van der Waals surface area contributed by atoms with Gasteiger partial charge in [-0.1, -0.05) is 12.1 Å². The van der Waals surface area contributed by atoms with Gasteiger partial charge < -0.3 is 14.5 Å². The van der Waals surface area contributed by atoms with E-state index in [1.807, 2.05) is 50.2 Å². The molecule has 1 atom stereocenters. The Balaban J connectivity index is 1.63. The number of nitrogens with zero attached hydrogens (tertiary/aromatic N) is 1. The first-order valence-electron chi connectivity index (χ1n) is 8.31. The maximum Gasteiger partial charge on any atom is 0.244 e. The van der Waals surface area contributed by atoms with E-state index in [4.69, 9.17) is 9.15 Å². The van der Waals surface area contributed by atoms with Gasteiger partial charge in [0.1, 0.15) is 11.5 Å². The van der Waals surface area contributed by atoms with Crippen molar-refractivity contribution in [2.45, 2.75) is 19.9 Å². The normalized spacial score (nSPS) is 12.1. The lowest BCUT2D eigenvalue weighted by Crippen LogP contribution is -2.24. The van der Waals surface area contributed by atoms with Crippen molar-refractivity contribution in [3.63, 3.8) is 0 Å². The molecular weight excluding hydrogens is 328 g/mol. The number of nitrogens with one attached hydrogen (secondary N) is 1. The Morgan fingerprint density at radius 3 is 2.85 bits per heavy atom. The van der Waals surface area contributed by atoms with Crippen LogP contribution in [0.1, 0.15) is 29.8 Å². The van der Waals surface area contributed by atoms with Crippen LogP contribution in [0, 0.1) is 6.92 Å². The molecule has 1 aromatic carbocycles. The van der Waals surface area contributed by atoms with Crippen molar-refractivity contribution < 1.29 is 13.9 Å². The average Bonchev–Trinajstić information content (AvgIpc) is 3.16. The highest BCUT2D eigenvalue weighted by atomic mass is 16.5. The summed E-state index contributed by atoms with van der Waals surface area (Å²) in [7, 11) is 0. The second-order valence-corrected chi connectivity index (χ2v) is 5.93. The monoisotopic (exact) mass is 348 g/mol. The van der Waals surface area contributed by atoms with Crippen LogP contribution < -0.4 is 10.1 Å². The highest BCUT2D eigenvalue weighted by Crippen LogP contribution is 2.24. The van der Waals surface area contributed by atoms with E-state index in [0.717, 1.165) is 16.8 Å². The molecule has 132 valence electrons.